The standard InChI is InChI=1S/C28H31FN2O4S/c1-15(2)14-31(27(33)35-28(4,5)6)20-9-8-17(13-19(20)29)22-21(34-7)12-16(3)24-23(22)18-10-11-36-25(18)26(32)30-24/h8-13,15H,14H2,1-7H3,(H,30,32). The van der Waals surface area contributed by atoms with Crippen LogP contribution in [0.1, 0.15) is 40.2 Å². The van der Waals surface area contributed by atoms with Crippen molar-refractivity contribution in [2.24, 2.45) is 5.92 Å². The Morgan fingerprint density at radius 2 is 1.92 bits per heavy atom. The number of rotatable bonds is 5. The summed E-state index contributed by atoms with van der Waals surface area (Å²) in [6.45, 7) is 11.5. The summed E-state index contributed by atoms with van der Waals surface area (Å²) in [5.41, 5.74) is 2.06. The highest BCUT2D eigenvalue weighted by Gasteiger charge is 2.27. The number of carbonyl (C=O) groups excluding carboxylic acids is 1. The molecule has 0 aliphatic heterocycles. The number of ether oxygens (including phenoxy) is 2. The summed E-state index contributed by atoms with van der Waals surface area (Å²) in [5.74, 6) is 0.111. The zero-order chi connectivity index (χ0) is 26.4. The fourth-order valence-electron chi connectivity index (χ4n) is 4.35. The summed E-state index contributed by atoms with van der Waals surface area (Å²) in [6, 6.07) is 8.51. The van der Waals surface area contributed by atoms with Gasteiger partial charge in [0, 0.05) is 22.9 Å². The summed E-state index contributed by atoms with van der Waals surface area (Å²) in [5, 5.41) is 3.45. The second-order valence-electron chi connectivity index (χ2n) is 10.3. The number of aryl methyl sites for hydroxylation is 1. The molecule has 2 aromatic carbocycles. The number of H-pyrrole nitrogens is 1. The highest BCUT2D eigenvalue weighted by molar-refractivity contribution is 7.17. The fourth-order valence-corrected chi connectivity index (χ4v) is 5.15. The van der Waals surface area contributed by atoms with E-state index in [9.17, 15) is 9.59 Å². The van der Waals surface area contributed by atoms with Crippen molar-refractivity contribution in [3.8, 4) is 16.9 Å². The molecule has 2 aromatic heterocycles. The molecule has 0 unspecified atom stereocenters. The van der Waals surface area contributed by atoms with Crippen molar-refractivity contribution in [1.82, 2.24) is 4.98 Å². The average molecular weight is 511 g/mol. The van der Waals surface area contributed by atoms with Gasteiger partial charge in [0.2, 0.25) is 0 Å². The van der Waals surface area contributed by atoms with E-state index in [0.717, 1.165) is 16.3 Å². The molecule has 190 valence electrons. The number of hydrogen-bond acceptors (Lipinski definition) is 5. The van der Waals surface area contributed by atoms with Crippen LogP contribution in [0.5, 0.6) is 5.75 Å². The summed E-state index contributed by atoms with van der Waals surface area (Å²) >= 11 is 1.36. The Morgan fingerprint density at radius 1 is 1.19 bits per heavy atom. The number of carbonyl (C=O) groups is 1. The van der Waals surface area contributed by atoms with E-state index in [1.165, 1.54) is 22.3 Å². The van der Waals surface area contributed by atoms with Gasteiger partial charge in [-0.25, -0.2) is 9.18 Å². The number of hydrogen-bond donors (Lipinski definition) is 1. The number of halogens is 1. The maximum absolute atomic E-state index is 15.7. The van der Waals surface area contributed by atoms with Crippen molar-refractivity contribution < 1.29 is 18.7 Å². The molecule has 0 saturated carbocycles. The Bertz CT molecular complexity index is 1510. The molecule has 0 spiro atoms. The summed E-state index contributed by atoms with van der Waals surface area (Å²) in [4.78, 5) is 29.9. The van der Waals surface area contributed by atoms with Crippen LogP contribution in [0.2, 0.25) is 0 Å². The molecule has 0 aliphatic rings. The quantitative estimate of drug-likeness (QED) is 0.307. The van der Waals surface area contributed by atoms with E-state index < -0.39 is 17.5 Å². The van der Waals surface area contributed by atoms with Crippen molar-refractivity contribution in [3.63, 3.8) is 0 Å². The first kappa shape index (κ1) is 25.7. The number of nitrogens with one attached hydrogen (secondary N) is 1. The van der Waals surface area contributed by atoms with Crippen molar-refractivity contribution in [3.05, 3.63) is 57.4 Å². The van der Waals surface area contributed by atoms with Crippen LogP contribution < -0.4 is 15.2 Å². The Hall–Kier alpha value is -3.39. The first-order valence-corrected chi connectivity index (χ1v) is 12.7. The van der Waals surface area contributed by atoms with E-state index in [4.69, 9.17) is 9.47 Å². The number of thiophene rings is 1. The molecular formula is C28H31FN2O4S. The van der Waals surface area contributed by atoms with Crippen LogP contribution in [-0.2, 0) is 4.74 Å². The molecule has 36 heavy (non-hydrogen) atoms. The zero-order valence-corrected chi connectivity index (χ0v) is 22.4. The normalized spacial score (nSPS) is 11.9. The number of benzene rings is 2. The fraction of sp³-hybridized carbons (Fsp3) is 0.357. The third-order valence-corrected chi connectivity index (χ3v) is 6.69. The highest BCUT2D eigenvalue weighted by atomic mass is 32.1. The van der Waals surface area contributed by atoms with Crippen LogP contribution in [0, 0.1) is 18.7 Å². The lowest BCUT2D eigenvalue weighted by molar-refractivity contribution is 0.0575. The molecular weight excluding hydrogens is 479 g/mol. The minimum atomic E-state index is -0.709. The first-order chi connectivity index (χ1) is 16.9. The lowest BCUT2D eigenvalue weighted by Gasteiger charge is -2.29. The van der Waals surface area contributed by atoms with E-state index in [0.29, 0.717) is 33.6 Å². The van der Waals surface area contributed by atoms with E-state index in [1.54, 1.807) is 40.0 Å². The van der Waals surface area contributed by atoms with Gasteiger partial charge < -0.3 is 14.5 Å². The summed E-state index contributed by atoms with van der Waals surface area (Å²) in [6.07, 6.45) is -0.598. The highest BCUT2D eigenvalue weighted by Crippen LogP contribution is 2.42. The third-order valence-electron chi connectivity index (χ3n) is 5.78. The monoisotopic (exact) mass is 510 g/mol. The molecule has 2 heterocycles. The lowest BCUT2D eigenvalue weighted by Crippen LogP contribution is -2.39. The van der Waals surface area contributed by atoms with Crippen LogP contribution in [0.25, 0.3) is 32.1 Å². The van der Waals surface area contributed by atoms with Crippen molar-refractivity contribution >= 4 is 44.1 Å². The maximum Gasteiger partial charge on any atom is 0.414 e. The van der Waals surface area contributed by atoms with Gasteiger partial charge in [0.25, 0.3) is 5.56 Å². The summed E-state index contributed by atoms with van der Waals surface area (Å²) in [7, 11) is 1.57. The van der Waals surface area contributed by atoms with Gasteiger partial charge in [0.1, 0.15) is 21.9 Å². The molecule has 6 nitrogen and oxygen atoms in total. The van der Waals surface area contributed by atoms with Gasteiger partial charge in [-0.15, -0.1) is 11.3 Å². The number of pyridine rings is 1. The molecule has 0 bridgehead atoms. The lowest BCUT2D eigenvalue weighted by atomic mass is 9.94. The average Bonchev–Trinajstić information content (AvgIpc) is 3.27. The molecule has 1 amide bonds. The second-order valence-corrected chi connectivity index (χ2v) is 11.2. The smallest absolute Gasteiger partial charge is 0.414 e. The molecule has 0 aliphatic carbocycles. The van der Waals surface area contributed by atoms with Gasteiger partial charge in [0.15, 0.2) is 0 Å². The topological polar surface area (TPSA) is 71.6 Å². The number of aromatic nitrogens is 1. The van der Waals surface area contributed by atoms with Crippen LogP contribution in [0.4, 0.5) is 14.9 Å². The minimum Gasteiger partial charge on any atom is -0.496 e. The van der Waals surface area contributed by atoms with Gasteiger partial charge in [-0.2, -0.15) is 0 Å². The molecule has 4 aromatic rings. The predicted octanol–water partition coefficient (Wildman–Crippen LogP) is 7.26. The van der Waals surface area contributed by atoms with Crippen molar-refractivity contribution in [2.45, 2.75) is 47.1 Å². The molecule has 0 atom stereocenters. The van der Waals surface area contributed by atoms with Gasteiger partial charge >= 0.3 is 6.09 Å². The van der Waals surface area contributed by atoms with E-state index >= 15 is 4.39 Å². The number of fused-ring (bicyclic) bond motifs is 3. The Morgan fingerprint density at radius 3 is 2.53 bits per heavy atom. The van der Waals surface area contributed by atoms with Crippen molar-refractivity contribution in [1.29, 1.82) is 0 Å². The van der Waals surface area contributed by atoms with E-state index in [1.807, 2.05) is 38.3 Å². The SMILES string of the molecule is COc1cc(C)c2[nH]c(=O)c3sccc3c2c1-c1ccc(N(CC(C)C)C(=O)OC(C)(C)C)c(F)c1. The number of methoxy groups -OCH3 is 1. The number of amides is 1. The Kier molecular flexibility index (Phi) is 6.84. The van der Waals surface area contributed by atoms with Gasteiger partial charge in [-0.05, 0) is 74.4 Å². The van der Waals surface area contributed by atoms with Crippen LogP contribution in [-0.4, -0.2) is 30.3 Å². The van der Waals surface area contributed by atoms with Crippen molar-refractivity contribution in [2.75, 3.05) is 18.6 Å². The number of anilines is 1. The van der Waals surface area contributed by atoms with Crippen LogP contribution in [0.15, 0.2) is 40.5 Å². The molecule has 0 saturated heterocycles. The van der Waals surface area contributed by atoms with Crippen LogP contribution in [0.3, 0.4) is 0 Å². The number of nitrogens with zero attached hydrogens (tertiary/aromatic N) is 1. The van der Waals surface area contributed by atoms with E-state index in [-0.39, 0.29) is 17.2 Å². The maximum atomic E-state index is 15.7. The predicted molar refractivity (Wildman–Crippen MR) is 145 cm³/mol. The minimum absolute atomic E-state index is 0.0985. The largest absolute Gasteiger partial charge is 0.496 e. The Balaban J connectivity index is 1.92. The molecule has 0 fully saturated rings. The van der Waals surface area contributed by atoms with E-state index in [2.05, 4.69) is 4.98 Å². The molecule has 0 radical (unpaired) electrons. The first-order valence-electron chi connectivity index (χ1n) is 11.8. The van der Waals surface area contributed by atoms with Gasteiger partial charge in [0.05, 0.1) is 18.3 Å². The second kappa shape index (κ2) is 9.58. The summed E-state index contributed by atoms with van der Waals surface area (Å²) < 4.78 is 27.6. The molecule has 1 N–H and O–H groups in total. The molecule has 4 rings (SSSR count). The molecule has 8 heteroatoms. The third kappa shape index (κ3) is 4.82. The number of aromatic amines is 1. The van der Waals surface area contributed by atoms with Crippen LogP contribution >= 0.6 is 11.3 Å². The zero-order valence-electron chi connectivity index (χ0n) is 21.6. The van der Waals surface area contributed by atoms with Gasteiger partial charge in [-0.1, -0.05) is 19.9 Å². The Labute approximate surface area is 213 Å². The van der Waals surface area contributed by atoms with Gasteiger partial charge in [-0.3, -0.25) is 9.69 Å².